The minimum absolute atomic E-state index is 0.0214. The lowest BCUT2D eigenvalue weighted by atomic mass is 9.58. The molecule has 0 spiro atoms. The van der Waals surface area contributed by atoms with E-state index in [1.54, 1.807) is 20.2 Å². The minimum atomic E-state index is -2.68. The summed E-state index contributed by atoms with van der Waals surface area (Å²) in [5.41, 5.74) is 11.0. The number of carbonyl (C=O) groups is 3. The van der Waals surface area contributed by atoms with E-state index in [0.29, 0.717) is 16.7 Å². The molecule has 4 unspecified atom stereocenters. The second-order valence-electron chi connectivity index (χ2n) is 12.8. The Labute approximate surface area is 243 Å². The third kappa shape index (κ3) is 4.08. The number of hydrogen-bond acceptors (Lipinski definition) is 9. The molecule has 3 aliphatic carbocycles. The Balaban J connectivity index is 1.73. The van der Waals surface area contributed by atoms with Crippen molar-refractivity contribution in [3.05, 3.63) is 75.3 Å². The first-order valence-electron chi connectivity index (χ1n) is 13.9. The number of ketones is 2. The summed E-state index contributed by atoms with van der Waals surface area (Å²) in [5.74, 6) is -6.83. The highest BCUT2D eigenvalue weighted by molar-refractivity contribution is 6.25. The minimum Gasteiger partial charge on any atom is -0.510 e. The molecule has 2 aromatic carbocycles. The van der Waals surface area contributed by atoms with Gasteiger partial charge in [0.15, 0.2) is 11.4 Å². The fourth-order valence-electron chi connectivity index (χ4n) is 6.94. The zero-order valence-electron chi connectivity index (χ0n) is 24.4. The molecule has 2 aromatic rings. The Bertz CT molecular complexity index is 1600. The molecule has 8 N–H and O–H groups in total. The Morgan fingerprint density at radius 1 is 1.10 bits per heavy atom. The summed E-state index contributed by atoms with van der Waals surface area (Å²) in [4.78, 5) is 41.3. The van der Waals surface area contributed by atoms with Gasteiger partial charge in [0, 0.05) is 23.6 Å². The third-order valence-corrected chi connectivity index (χ3v) is 9.08. The van der Waals surface area contributed by atoms with Gasteiger partial charge in [-0.15, -0.1) is 0 Å². The summed E-state index contributed by atoms with van der Waals surface area (Å²) < 4.78 is 0. The van der Waals surface area contributed by atoms with E-state index < -0.39 is 58.0 Å². The Morgan fingerprint density at radius 2 is 1.71 bits per heavy atom. The number of benzene rings is 2. The number of allylic oxidation sites excluding steroid dienone is 1. The normalized spacial score (nSPS) is 25.9. The fraction of sp³-hybridized carbons (Fsp3) is 0.406. The molecule has 10 nitrogen and oxygen atoms in total. The summed E-state index contributed by atoms with van der Waals surface area (Å²) in [6.45, 7) is 6.26. The van der Waals surface area contributed by atoms with Crippen LogP contribution in [0.4, 0.5) is 0 Å². The molecule has 0 aromatic heterocycles. The van der Waals surface area contributed by atoms with E-state index >= 15 is 0 Å². The molecule has 1 amide bonds. The number of carbonyl (C=O) groups excluding carboxylic acids is 3. The van der Waals surface area contributed by atoms with Gasteiger partial charge >= 0.3 is 0 Å². The topological polar surface area (TPSA) is 187 Å². The summed E-state index contributed by atoms with van der Waals surface area (Å²) in [5, 5.41) is 45.5. The van der Waals surface area contributed by atoms with Crippen LogP contribution in [0.5, 0.6) is 5.75 Å². The van der Waals surface area contributed by atoms with Crippen molar-refractivity contribution >= 4 is 17.5 Å². The van der Waals surface area contributed by atoms with Crippen molar-refractivity contribution in [2.45, 2.75) is 57.2 Å². The van der Waals surface area contributed by atoms with Crippen LogP contribution in [0.25, 0.3) is 11.1 Å². The molecule has 0 saturated carbocycles. The summed E-state index contributed by atoms with van der Waals surface area (Å²) in [6.07, 6.45) is 0.219. The van der Waals surface area contributed by atoms with E-state index in [2.05, 4.69) is 20.8 Å². The van der Waals surface area contributed by atoms with E-state index in [1.807, 2.05) is 24.3 Å². The van der Waals surface area contributed by atoms with Crippen molar-refractivity contribution < 1.29 is 34.8 Å². The maximum absolute atomic E-state index is 14.1. The van der Waals surface area contributed by atoms with Gasteiger partial charge in [-0.2, -0.15) is 0 Å². The number of nitrogens with two attached hydrogens (primary N) is 2. The molecule has 0 radical (unpaired) electrons. The molecule has 0 fully saturated rings. The molecular weight excluding hydrogens is 538 g/mol. The van der Waals surface area contributed by atoms with Gasteiger partial charge in [-0.3, -0.25) is 19.3 Å². The van der Waals surface area contributed by atoms with Gasteiger partial charge in [0.1, 0.15) is 22.8 Å². The number of hydrogen-bond donors (Lipinski definition) is 6. The van der Waals surface area contributed by atoms with Crippen molar-refractivity contribution in [1.29, 1.82) is 0 Å². The van der Waals surface area contributed by atoms with Crippen LogP contribution in [0.2, 0.25) is 0 Å². The zero-order chi connectivity index (χ0) is 31.0. The number of phenolic OH excluding ortho intramolecular Hbond substituents is 1. The number of Topliss-reactive ketones (excluding diaryl/α,β-unsaturated/α-hetero) is 2. The second kappa shape index (κ2) is 9.79. The first-order valence-corrected chi connectivity index (χ1v) is 13.9. The van der Waals surface area contributed by atoms with Gasteiger partial charge in [-0.25, -0.2) is 0 Å². The van der Waals surface area contributed by atoms with Gasteiger partial charge in [0.05, 0.1) is 11.6 Å². The Hall–Kier alpha value is -3.99. The molecule has 5 rings (SSSR count). The van der Waals surface area contributed by atoms with Crippen LogP contribution in [-0.4, -0.2) is 68.5 Å². The molecule has 0 heterocycles. The Kier molecular flexibility index (Phi) is 6.88. The highest BCUT2D eigenvalue weighted by atomic mass is 16.3. The van der Waals surface area contributed by atoms with E-state index in [-0.39, 0.29) is 41.7 Å². The van der Waals surface area contributed by atoms with Crippen molar-refractivity contribution in [3.63, 3.8) is 0 Å². The molecule has 0 bridgehead atoms. The fourth-order valence-corrected chi connectivity index (χ4v) is 6.94. The third-order valence-electron chi connectivity index (χ3n) is 9.08. The van der Waals surface area contributed by atoms with Crippen LogP contribution in [0.3, 0.4) is 0 Å². The van der Waals surface area contributed by atoms with Crippen LogP contribution in [-0.2, 0) is 28.0 Å². The van der Waals surface area contributed by atoms with Crippen LogP contribution >= 0.6 is 0 Å². The molecule has 222 valence electrons. The van der Waals surface area contributed by atoms with Crippen LogP contribution in [0, 0.1) is 11.8 Å². The molecule has 0 aliphatic heterocycles. The monoisotopic (exact) mass is 575 g/mol. The number of fused-ring (bicyclic) bond motifs is 3. The van der Waals surface area contributed by atoms with Crippen LogP contribution < -0.4 is 11.5 Å². The van der Waals surface area contributed by atoms with Crippen molar-refractivity contribution in [1.82, 2.24) is 4.90 Å². The van der Waals surface area contributed by atoms with E-state index in [1.165, 1.54) is 4.90 Å². The number of aromatic hydroxyl groups is 1. The lowest BCUT2D eigenvalue weighted by Gasteiger charge is -2.50. The lowest BCUT2D eigenvalue weighted by molar-refractivity contribution is -0.148. The van der Waals surface area contributed by atoms with E-state index in [0.717, 1.165) is 11.1 Å². The predicted octanol–water partition coefficient (Wildman–Crippen LogP) is 2.54. The van der Waals surface area contributed by atoms with E-state index in [4.69, 9.17) is 11.5 Å². The van der Waals surface area contributed by atoms with Gasteiger partial charge in [0.25, 0.3) is 5.91 Å². The maximum atomic E-state index is 14.1. The summed E-state index contributed by atoms with van der Waals surface area (Å²) in [6, 6.07) is 8.65. The number of aliphatic hydroxyl groups is 3. The maximum Gasteiger partial charge on any atom is 0.255 e. The lowest BCUT2D eigenvalue weighted by Crippen LogP contribution is -2.63. The first-order chi connectivity index (χ1) is 19.5. The summed E-state index contributed by atoms with van der Waals surface area (Å²) in [7, 11) is 3.19. The average Bonchev–Trinajstić information content (AvgIpc) is 2.90. The molecule has 0 saturated heterocycles. The second-order valence-corrected chi connectivity index (χ2v) is 12.8. The molecular formula is C32H37N3O7. The number of aliphatic hydroxyl groups excluding tert-OH is 2. The number of rotatable bonds is 4. The van der Waals surface area contributed by atoms with Gasteiger partial charge in [0.2, 0.25) is 5.78 Å². The van der Waals surface area contributed by atoms with Gasteiger partial charge < -0.3 is 31.9 Å². The van der Waals surface area contributed by atoms with E-state index in [9.17, 15) is 34.8 Å². The number of nitrogens with zero attached hydrogens (tertiary/aromatic N) is 1. The average molecular weight is 576 g/mol. The standard InChI is InChI=1S/C32H37N3O7/c1-31(2,3)17-8-6-14(7-9-17)18-11-16(13-33)25(36)22-19(18)10-15-12-20-24(35(4)5)27(38)23(30(34)41)29(40)32(20,42)28(39)21(15)26(22)37/h6-9,11,15,20,24,36,38-39,42H,10,12-13,33H2,1-5H3,(H2,34,41). The smallest absolute Gasteiger partial charge is 0.255 e. The number of phenols is 1. The number of likely N-dealkylation sites (N-methyl/N-ethyl adjacent to an activating group) is 1. The van der Waals surface area contributed by atoms with Crippen molar-refractivity contribution in [3.8, 4) is 16.9 Å². The van der Waals surface area contributed by atoms with Crippen molar-refractivity contribution in [2.24, 2.45) is 23.3 Å². The molecule has 42 heavy (non-hydrogen) atoms. The zero-order valence-corrected chi connectivity index (χ0v) is 24.4. The first kappa shape index (κ1) is 29.5. The highest BCUT2D eigenvalue weighted by Gasteiger charge is 2.63. The molecule has 10 heteroatoms. The van der Waals surface area contributed by atoms with Crippen molar-refractivity contribution in [2.75, 3.05) is 14.1 Å². The summed E-state index contributed by atoms with van der Waals surface area (Å²) >= 11 is 0. The SMILES string of the molecule is CN(C)C1C(O)=C(C(N)=O)C(=O)C2(O)C(O)=C3C(=O)c4c(O)c(CN)cc(-c5ccc(C(C)(C)C)cc5)c4CC3CC12. The van der Waals surface area contributed by atoms with Gasteiger partial charge in [-0.1, -0.05) is 45.0 Å². The quantitative estimate of drug-likeness (QED) is 0.298. The predicted molar refractivity (Wildman–Crippen MR) is 156 cm³/mol. The van der Waals surface area contributed by atoms with Crippen LogP contribution in [0.15, 0.2) is 53.0 Å². The number of primary amides is 1. The highest BCUT2D eigenvalue weighted by Crippen LogP contribution is 2.53. The number of amides is 1. The van der Waals surface area contributed by atoms with Crippen LogP contribution in [0.1, 0.15) is 54.2 Å². The Morgan fingerprint density at radius 3 is 2.24 bits per heavy atom. The molecule has 3 aliphatic rings. The largest absolute Gasteiger partial charge is 0.510 e. The molecule has 4 atom stereocenters. The van der Waals surface area contributed by atoms with Gasteiger partial charge in [-0.05, 0) is 66.6 Å².